The summed E-state index contributed by atoms with van der Waals surface area (Å²) in [6.07, 6.45) is 2.89. The van der Waals surface area contributed by atoms with Crippen LogP contribution < -0.4 is 4.90 Å². The van der Waals surface area contributed by atoms with Crippen molar-refractivity contribution in [2.75, 3.05) is 37.3 Å². The first-order valence-corrected chi connectivity index (χ1v) is 11.1. The number of rotatable bonds is 6. The minimum Gasteiger partial charge on any atom is -0.369 e. The zero-order valence-corrected chi connectivity index (χ0v) is 16.9. The molecule has 0 aliphatic carbocycles. The van der Waals surface area contributed by atoms with Crippen molar-refractivity contribution >= 4 is 15.5 Å². The smallest absolute Gasteiger partial charge is 0.227 e. The molecule has 0 saturated carbocycles. The van der Waals surface area contributed by atoms with E-state index >= 15 is 0 Å². The normalized spacial score (nSPS) is 16.3. The van der Waals surface area contributed by atoms with Crippen LogP contribution >= 0.6 is 0 Å². The Labute approximate surface area is 160 Å². The van der Waals surface area contributed by atoms with Gasteiger partial charge in [0.05, 0.1) is 11.9 Å². The van der Waals surface area contributed by atoms with Crippen LogP contribution in [0.1, 0.15) is 19.5 Å². The lowest BCUT2D eigenvalue weighted by atomic mass is 10.2. The van der Waals surface area contributed by atoms with Crippen LogP contribution in [0.15, 0.2) is 35.6 Å². The molecule has 148 valence electrons. The zero-order valence-electron chi connectivity index (χ0n) is 16.1. The molecule has 8 heteroatoms. The van der Waals surface area contributed by atoms with Gasteiger partial charge in [-0.25, -0.2) is 17.8 Å². The lowest BCUT2D eigenvalue weighted by molar-refractivity contribution is 0.241. The summed E-state index contributed by atoms with van der Waals surface area (Å²) in [5.41, 5.74) is 1.96. The van der Waals surface area contributed by atoms with Crippen LogP contribution in [-0.2, 0) is 22.9 Å². The van der Waals surface area contributed by atoms with Crippen LogP contribution in [0.25, 0.3) is 0 Å². The van der Waals surface area contributed by atoms with Gasteiger partial charge in [0, 0.05) is 51.2 Å². The summed E-state index contributed by atoms with van der Waals surface area (Å²) in [6, 6.07) is 6.58. The highest BCUT2D eigenvalue weighted by atomic mass is 32.2. The van der Waals surface area contributed by atoms with Crippen LogP contribution in [0.3, 0.4) is 0 Å². The number of hydrogen-bond acceptors (Lipinski definition) is 5. The average Bonchev–Trinajstić information content (AvgIpc) is 2.98. The molecule has 2 aromatic rings. The maximum atomic E-state index is 13.1. The van der Waals surface area contributed by atoms with Crippen molar-refractivity contribution in [1.82, 2.24) is 14.5 Å². The Morgan fingerprint density at radius 3 is 2.30 bits per heavy atom. The standard InChI is InChI=1S/C19H27FN4O2S/c1-15(2)13-24-18(12-21-19(24)27(3,25)26)14-22-8-10-23(11-9-22)17-6-4-16(20)5-7-17/h4-7,12,15H,8-11,13-14H2,1-3H3. The summed E-state index contributed by atoms with van der Waals surface area (Å²) in [4.78, 5) is 8.72. The predicted molar refractivity (Wildman–Crippen MR) is 104 cm³/mol. The minimum atomic E-state index is -3.35. The number of aromatic nitrogens is 2. The van der Waals surface area contributed by atoms with Gasteiger partial charge in [0.1, 0.15) is 5.82 Å². The number of sulfone groups is 1. The van der Waals surface area contributed by atoms with E-state index < -0.39 is 9.84 Å². The Hall–Kier alpha value is -1.93. The van der Waals surface area contributed by atoms with Gasteiger partial charge < -0.3 is 9.47 Å². The molecule has 2 heterocycles. The van der Waals surface area contributed by atoms with E-state index in [-0.39, 0.29) is 11.0 Å². The van der Waals surface area contributed by atoms with E-state index in [2.05, 4.69) is 28.6 Å². The van der Waals surface area contributed by atoms with E-state index in [9.17, 15) is 12.8 Å². The van der Waals surface area contributed by atoms with Gasteiger partial charge in [0.25, 0.3) is 0 Å². The van der Waals surface area contributed by atoms with Crippen molar-refractivity contribution in [2.24, 2.45) is 5.92 Å². The molecule has 1 aromatic heterocycles. The van der Waals surface area contributed by atoms with Crippen molar-refractivity contribution in [3.05, 3.63) is 42.0 Å². The van der Waals surface area contributed by atoms with E-state index in [0.29, 0.717) is 19.0 Å². The van der Waals surface area contributed by atoms with Crippen molar-refractivity contribution in [2.45, 2.75) is 32.1 Å². The lowest BCUT2D eigenvalue weighted by Gasteiger charge is -2.36. The van der Waals surface area contributed by atoms with Gasteiger partial charge in [-0.2, -0.15) is 0 Å². The summed E-state index contributed by atoms with van der Waals surface area (Å²) in [7, 11) is -3.35. The number of benzene rings is 1. The highest BCUT2D eigenvalue weighted by molar-refractivity contribution is 7.90. The monoisotopic (exact) mass is 394 g/mol. The van der Waals surface area contributed by atoms with E-state index in [0.717, 1.165) is 37.6 Å². The largest absolute Gasteiger partial charge is 0.369 e. The first-order chi connectivity index (χ1) is 12.7. The molecule has 1 aliphatic rings. The molecule has 27 heavy (non-hydrogen) atoms. The van der Waals surface area contributed by atoms with Crippen molar-refractivity contribution < 1.29 is 12.8 Å². The summed E-state index contributed by atoms with van der Waals surface area (Å²) in [5.74, 6) is 0.103. The maximum Gasteiger partial charge on any atom is 0.227 e. The van der Waals surface area contributed by atoms with Crippen molar-refractivity contribution in [3.8, 4) is 0 Å². The van der Waals surface area contributed by atoms with Gasteiger partial charge in [-0.05, 0) is 30.2 Å². The fourth-order valence-electron chi connectivity index (χ4n) is 3.42. The van der Waals surface area contributed by atoms with Crippen molar-refractivity contribution in [3.63, 3.8) is 0 Å². The van der Waals surface area contributed by atoms with Crippen LogP contribution in [0.2, 0.25) is 0 Å². The van der Waals surface area contributed by atoms with Gasteiger partial charge >= 0.3 is 0 Å². The third-order valence-corrected chi connectivity index (χ3v) is 5.72. The van der Waals surface area contributed by atoms with E-state index in [1.807, 2.05) is 4.57 Å². The predicted octanol–water partition coefficient (Wildman–Crippen LogP) is 2.40. The molecule has 0 radical (unpaired) electrons. The molecule has 0 spiro atoms. The topological polar surface area (TPSA) is 58.4 Å². The quantitative estimate of drug-likeness (QED) is 0.753. The lowest BCUT2D eigenvalue weighted by Crippen LogP contribution is -2.46. The molecular weight excluding hydrogens is 367 g/mol. The van der Waals surface area contributed by atoms with Crippen LogP contribution in [0, 0.1) is 11.7 Å². The zero-order chi connectivity index (χ0) is 19.6. The fraction of sp³-hybridized carbons (Fsp3) is 0.526. The Bertz CT molecular complexity index is 870. The van der Waals surface area contributed by atoms with Crippen LogP contribution in [-0.4, -0.2) is 55.3 Å². The summed E-state index contributed by atoms with van der Waals surface area (Å²) in [5, 5.41) is 0.149. The molecule has 0 atom stereocenters. The number of imidazole rings is 1. The molecule has 1 aromatic carbocycles. The maximum absolute atomic E-state index is 13.1. The Morgan fingerprint density at radius 2 is 1.74 bits per heavy atom. The first kappa shape index (κ1) is 19.8. The van der Waals surface area contributed by atoms with Gasteiger partial charge in [-0.1, -0.05) is 13.8 Å². The summed E-state index contributed by atoms with van der Waals surface area (Å²) in [6.45, 7) is 8.86. The molecule has 6 nitrogen and oxygen atoms in total. The van der Waals surface area contributed by atoms with Gasteiger partial charge in [-0.3, -0.25) is 4.90 Å². The van der Waals surface area contributed by atoms with E-state index in [1.54, 1.807) is 18.3 Å². The molecular formula is C19H27FN4O2S. The van der Waals surface area contributed by atoms with E-state index in [1.165, 1.54) is 18.4 Å². The highest BCUT2D eigenvalue weighted by Gasteiger charge is 2.23. The molecule has 1 aliphatic heterocycles. The number of hydrogen-bond donors (Lipinski definition) is 0. The third-order valence-electron chi connectivity index (χ3n) is 4.73. The summed E-state index contributed by atoms with van der Waals surface area (Å²) < 4.78 is 39.0. The fourth-order valence-corrected chi connectivity index (χ4v) is 4.26. The number of halogens is 1. The first-order valence-electron chi connectivity index (χ1n) is 9.21. The molecule has 1 fully saturated rings. The SMILES string of the molecule is CC(C)Cn1c(CN2CCN(c3ccc(F)cc3)CC2)cnc1S(C)(=O)=O. The van der Waals surface area contributed by atoms with Gasteiger partial charge in [-0.15, -0.1) is 0 Å². The molecule has 0 bridgehead atoms. The second kappa shape index (κ2) is 7.98. The van der Waals surface area contributed by atoms with E-state index in [4.69, 9.17) is 0 Å². The number of nitrogens with zero attached hydrogens (tertiary/aromatic N) is 4. The molecule has 0 amide bonds. The van der Waals surface area contributed by atoms with Gasteiger partial charge in [0.2, 0.25) is 15.0 Å². The van der Waals surface area contributed by atoms with Crippen molar-refractivity contribution in [1.29, 1.82) is 0 Å². The Morgan fingerprint density at radius 1 is 1.11 bits per heavy atom. The molecule has 0 unspecified atom stereocenters. The molecule has 0 N–H and O–H groups in total. The van der Waals surface area contributed by atoms with Gasteiger partial charge in [0.15, 0.2) is 0 Å². The second-order valence-corrected chi connectivity index (χ2v) is 9.46. The second-order valence-electron chi connectivity index (χ2n) is 7.55. The number of anilines is 1. The number of piperazine rings is 1. The molecule has 3 rings (SSSR count). The summed E-state index contributed by atoms with van der Waals surface area (Å²) >= 11 is 0. The Balaban J connectivity index is 1.68. The molecule has 1 saturated heterocycles. The minimum absolute atomic E-state index is 0.149. The third kappa shape index (κ3) is 4.87. The highest BCUT2D eigenvalue weighted by Crippen LogP contribution is 2.20. The van der Waals surface area contributed by atoms with Crippen LogP contribution in [0.4, 0.5) is 10.1 Å². The average molecular weight is 395 g/mol. The Kier molecular flexibility index (Phi) is 5.86. The van der Waals surface area contributed by atoms with Crippen LogP contribution in [0.5, 0.6) is 0 Å².